The van der Waals surface area contributed by atoms with Crippen molar-refractivity contribution < 1.29 is 33.4 Å². The summed E-state index contributed by atoms with van der Waals surface area (Å²) in [5.41, 5.74) is -2.83. The molecule has 14 heteroatoms. The molecule has 3 rings (SSSR count). The summed E-state index contributed by atoms with van der Waals surface area (Å²) in [5.74, 6) is 0.246. The van der Waals surface area contributed by atoms with Crippen molar-refractivity contribution in [1.82, 2.24) is 14.6 Å². The molecule has 0 aliphatic carbocycles. The van der Waals surface area contributed by atoms with E-state index in [0.717, 1.165) is 21.9 Å². The molecule has 1 aromatic heterocycles. The van der Waals surface area contributed by atoms with Gasteiger partial charge < -0.3 is 14.9 Å². The monoisotopic (exact) mass is 599 g/mol. The van der Waals surface area contributed by atoms with Gasteiger partial charge in [-0.2, -0.15) is 0 Å². The average Bonchev–Trinajstić information content (AvgIpc) is 3.14. The van der Waals surface area contributed by atoms with Crippen LogP contribution in [0, 0.1) is 12.3 Å². The van der Waals surface area contributed by atoms with Gasteiger partial charge in [0.1, 0.15) is 17.8 Å². The van der Waals surface area contributed by atoms with Crippen molar-refractivity contribution >= 4 is 24.6 Å². The maximum atomic E-state index is 13.7. The average molecular weight is 600 g/mol. The number of aromatic nitrogens is 2. The Balaban J connectivity index is 1.71. The minimum Gasteiger partial charge on any atom is -0.387 e. The first-order chi connectivity index (χ1) is 18.7. The number of ether oxygens (including phenoxy) is 1. The summed E-state index contributed by atoms with van der Waals surface area (Å²) in [6.07, 6.45) is -2.19. The van der Waals surface area contributed by atoms with Crippen molar-refractivity contribution in [1.29, 1.82) is 0 Å². The quantitative estimate of drug-likeness (QED) is 0.197. The van der Waals surface area contributed by atoms with Gasteiger partial charge in [-0.15, -0.1) is 0 Å². The molecule has 4 N–H and O–H groups in total. The van der Waals surface area contributed by atoms with Crippen LogP contribution < -0.4 is 16.3 Å². The number of H-pyrrole nitrogens is 1. The van der Waals surface area contributed by atoms with Crippen molar-refractivity contribution in [2.24, 2.45) is 5.41 Å². The summed E-state index contributed by atoms with van der Waals surface area (Å²) < 4.78 is 31.7. The van der Waals surface area contributed by atoms with E-state index in [0.29, 0.717) is 6.42 Å². The summed E-state index contributed by atoms with van der Waals surface area (Å²) >= 11 is 1.08. The van der Waals surface area contributed by atoms with Crippen molar-refractivity contribution in [2.45, 2.75) is 71.6 Å². The molecule has 0 bridgehead atoms. The Labute approximate surface area is 237 Å². The Morgan fingerprint density at radius 2 is 1.95 bits per heavy atom. The first kappa shape index (κ1) is 32.4. The highest BCUT2D eigenvalue weighted by atomic mass is 32.2. The van der Waals surface area contributed by atoms with Gasteiger partial charge in [-0.25, -0.2) is 14.4 Å². The van der Waals surface area contributed by atoms with Crippen LogP contribution in [0.15, 0.2) is 46.1 Å². The fourth-order valence-corrected chi connectivity index (χ4v) is 6.17. The Kier molecular flexibility index (Phi) is 10.7. The van der Waals surface area contributed by atoms with Gasteiger partial charge in [0.05, 0.1) is 13.2 Å². The molecule has 1 aliphatic heterocycles. The first-order valence-electron chi connectivity index (χ1n) is 12.9. The molecule has 2 unspecified atom stereocenters. The lowest BCUT2D eigenvalue weighted by molar-refractivity contribution is -0.118. The second-order valence-electron chi connectivity index (χ2n) is 10.5. The van der Waals surface area contributed by atoms with E-state index in [1.807, 2.05) is 51.1 Å². The molecule has 2 heterocycles. The van der Waals surface area contributed by atoms with Crippen molar-refractivity contribution in [3.63, 3.8) is 0 Å². The van der Waals surface area contributed by atoms with Gasteiger partial charge >= 0.3 is 13.4 Å². The lowest BCUT2D eigenvalue weighted by Crippen LogP contribution is -2.47. The first-order valence-corrected chi connectivity index (χ1v) is 15.5. The molecular formula is C26H38N3O9PS. The molecule has 222 valence electrons. The van der Waals surface area contributed by atoms with Gasteiger partial charge in [-0.3, -0.25) is 28.2 Å². The fourth-order valence-electron chi connectivity index (χ4n) is 3.85. The minimum atomic E-state index is -3.99. The maximum Gasteiger partial charge on any atom is 0.405 e. The number of aliphatic hydroxyl groups is 2. The lowest BCUT2D eigenvalue weighted by atomic mass is 9.92. The van der Waals surface area contributed by atoms with Crippen LogP contribution in [0.3, 0.4) is 0 Å². The number of benzene rings is 1. The van der Waals surface area contributed by atoms with Crippen LogP contribution in [-0.2, 0) is 29.7 Å². The topological polar surface area (TPSA) is 169 Å². The van der Waals surface area contributed by atoms with Crippen LogP contribution in [0.2, 0.25) is 0 Å². The number of nitrogens with zero attached hydrogens (tertiary/aromatic N) is 1. The Morgan fingerprint density at radius 1 is 1.27 bits per heavy atom. The summed E-state index contributed by atoms with van der Waals surface area (Å²) in [5, 5.41) is 24.6. The van der Waals surface area contributed by atoms with Crippen LogP contribution in [0.1, 0.15) is 51.5 Å². The van der Waals surface area contributed by atoms with E-state index in [2.05, 4.69) is 10.1 Å². The third-order valence-electron chi connectivity index (χ3n) is 6.90. The van der Waals surface area contributed by atoms with E-state index in [-0.39, 0.29) is 29.6 Å². The van der Waals surface area contributed by atoms with E-state index in [9.17, 15) is 29.2 Å². The number of hydrogen-bond donors (Lipinski definition) is 4. The van der Waals surface area contributed by atoms with Crippen molar-refractivity contribution in [3.8, 4) is 0 Å². The number of aryl methyl sites for hydroxylation is 1. The predicted octanol–water partition coefficient (Wildman–Crippen LogP) is 2.48. The van der Waals surface area contributed by atoms with Crippen LogP contribution in [0.4, 0.5) is 0 Å². The summed E-state index contributed by atoms with van der Waals surface area (Å²) in [4.78, 5) is 38.7. The molecule has 2 aromatic rings. The molecule has 1 fully saturated rings. The Hall–Kier alpha value is -2.09. The van der Waals surface area contributed by atoms with Gasteiger partial charge in [-0.05, 0) is 25.8 Å². The van der Waals surface area contributed by atoms with E-state index >= 15 is 0 Å². The molecule has 0 saturated carbocycles. The number of rotatable bonds is 13. The normalized spacial score (nSPS) is 24.6. The molecule has 1 aliphatic rings. The van der Waals surface area contributed by atoms with E-state index in [1.54, 1.807) is 0 Å². The summed E-state index contributed by atoms with van der Waals surface area (Å²) in [6.45, 7) is 8.04. The van der Waals surface area contributed by atoms with E-state index in [1.165, 1.54) is 20.0 Å². The molecular weight excluding hydrogens is 561 g/mol. The highest BCUT2D eigenvalue weighted by molar-refractivity contribution is 8.13. The minimum absolute atomic E-state index is 0.00455. The molecule has 0 spiro atoms. The molecule has 1 saturated heterocycles. The number of nitrogens with one attached hydrogen (secondary N) is 2. The second kappa shape index (κ2) is 13.3. The molecule has 1 aromatic carbocycles. The van der Waals surface area contributed by atoms with Gasteiger partial charge in [0.25, 0.3) is 5.56 Å². The third kappa shape index (κ3) is 7.80. The van der Waals surface area contributed by atoms with Crippen LogP contribution in [-0.4, -0.2) is 61.7 Å². The van der Waals surface area contributed by atoms with Gasteiger partial charge in [0, 0.05) is 29.5 Å². The number of carbonyl (C=O) groups excluding carboxylic acids is 1. The van der Waals surface area contributed by atoms with Gasteiger partial charge in [0.15, 0.2) is 11.3 Å². The Bertz CT molecular complexity index is 1330. The zero-order valence-electron chi connectivity index (χ0n) is 23.3. The largest absolute Gasteiger partial charge is 0.405 e. The van der Waals surface area contributed by atoms with Crippen LogP contribution in [0.25, 0.3) is 0 Å². The smallest absolute Gasteiger partial charge is 0.387 e. The number of thioether (sulfide) groups is 1. The van der Waals surface area contributed by atoms with Gasteiger partial charge in [0.2, 0.25) is 0 Å². The van der Waals surface area contributed by atoms with E-state index < -0.39 is 55.1 Å². The number of carbonyl (C=O) groups is 1. The van der Waals surface area contributed by atoms with Crippen LogP contribution in [0.5, 0.6) is 0 Å². The van der Waals surface area contributed by atoms with Crippen molar-refractivity contribution in [3.05, 3.63) is 68.5 Å². The zero-order valence-corrected chi connectivity index (χ0v) is 25.0. The molecule has 0 radical (unpaired) electrons. The van der Waals surface area contributed by atoms with Crippen molar-refractivity contribution in [2.75, 3.05) is 19.0 Å². The molecule has 5 atom stereocenters. The molecule has 12 nitrogen and oxygen atoms in total. The Morgan fingerprint density at radius 3 is 2.60 bits per heavy atom. The predicted molar refractivity (Wildman–Crippen MR) is 151 cm³/mol. The lowest BCUT2D eigenvalue weighted by Gasteiger charge is -2.27. The summed E-state index contributed by atoms with van der Waals surface area (Å²) in [6, 6.07) is 9.15. The third-order valence-corrected chi connectivity index (χ3v) is 9.64. The second-order valence-corrected chi connectivity index (χ2v) is 13.4. The fraction of sp³-hybridized carbons (Fsp3) is 0.577. The van der Waals surface area contributed by atoms with Crippen LogP contribution >= 0.6 is 19.5 Å². The number of aromatic amines is 1. The zero-order chi connectivity index (χ0) is 29.7. The number of hydrogen-bond acceptors (Lipinski definition) is 10. The molecule has 40 heavy (non-hydrogen) atoms. The highest BCUT2D eigenvalue weighted by Crippen LogP contribution is 2.46. The van der Waals surface area contributed by atoms with E-state index in [4.69, 9.17) is 13.8 Å². The summed E-state index contributed by atoms with van der Waals surface area (Å²) in [7, 11) is -3.99. The van der Waals surface area contributed by atoms with Gasteiger partial charge in [-0.1, -0.05) is 62.9 Å². The standard InChI is InChI=1S/C26H38N3O9PS/c1-6-25(3,4)23(32)40-13-12-36-39(35,27-14-18-10-8-7-9-11-18)37-16-19-20(30)26(5,34)22(38-19)29-15-17(2)21(31)28-24(29)33/h7-11,15,19-20,22,30,34H,6,12-14,16H2,1-5H3,(H,27,35)(H,28,31,33)/t19-,20+,22-,26?,39?/m1/s1. The SMILES string of the molecule is CCC(C)(C)C(=O)SCCOP(=O)(NCc1ccccc1)OC[C@H]1O[C@@H](n2cc(C)c(=O)[nH]c2=O)C(C)(O)[C@H]1O. The number of aliphatic hydroxyl groups excluding tert-OH is 1. The molecule has 0 amide bonds. The maximum absolute atomic E-state index is 13.7. The highest BCUT2D eigenvalue weighted by Gasteiger charge is 2.54.